The number of methoxy groups -OCH3 is 1. The lowest BCUT2D eigenvalue weighted by Crippen LogP contribution is -2.34. The molecule has 2 atom stereocenters. The quantitative estimate of drug-likeness (QED) is 0.808. The third-order valence-electron chi connectivity index (χ3n) is 3.98. The zero-order valence-corrected chi connectivity index (χ0v) is 11.6. The van der Waals surface area contributed by atoms with Gasteiger partial charge in [-0.25, -0.2) is 0 Å². The van der Waals surface area contributed by atoms with E-state index in [1.807, 2.05) is 25.1 Å². The molecule has 0 aromatic heterocycles. The van der Waals surface area contributed by atoms with Crippen molar-refractivity contribution < 1.29 is 4.74 Å². The molecule has 2 rings (SSSR count). The van der Waals surface area contributed by atoms with Crippen LogP contribution in [-0.2, 0) is 10.2 Å². The maximum Gasteiger partial charge on any atom is 0.0847 e. The van der Waals surface area contributed by atoms with Gasteiger partial charge in [-0.2, -0.15) is 5.26 Å². The Bertz CT molecular complexity index is 480. The number of ether oxygens (including phenoxy) is 1. The van der Waals surface area contributed by atoms with Gasteiger partial charge in [0.2, 0.25) is 0 Å². The van der Waals surface area contributed by atoms with Crippen LogP contribution in [0.25, 0.3) is 0 Å². The van der Waals surface area contributed by atoms with Crippen molar-refractivity contribution >= 4 is 11.6 Å². The number of hydrogen-bond acceptors (Lipinski definition) is 2. The minimum Gasteiger partial charge on any atom is -0.381 e. The van der Waals surface area contributed by atoms with Crippen molar-refractivity contribution in [2.45, 2.75) is 44.1 Å². The standard InChI is InChI=1S/C15H18ClNO/c1-11-5-6-12(8-14(11)16)15(10-17)7-3-4-13(9-15)18-2/h5-6,8,13H,3-4,7,9H2,1-2H3/t13-,15-/m0/s1. The third kappa shape index (κ3) is 2.39. The normalized spacial score (nSPS) is 27.8. The lowest BCUT2D eigenvalue weighted by atomic mass is 9.69. The first-order valence-electron chi connectivity index (χ1n) is 6.32. The van der Waals surface area contributed by atoms with E-state index in [2.05, 4.69) is 6.07 Å². The van der Waals surface area contributed by atoms with Crippen LogP contribution in [0.2, 0.25) is 5.02 Å². The Morgan fingerprint density at radius 3 is 2.89 bits per heavy atom. The molecule has 1 aliphatic carbocycles. The molecule has 0 bridgehead atoms. The molecule has 1 aromatic carbocycles. The first-order chi connectivity index (χ1) is 8.61. The molecule has 96 valence electrons. The molecule has 0 N–H and O–H groups in total. The average molecular weight is 264 g/mol. The van der Waals surface area contributed by atoms with Crippen molar-refractivity contribution in [3.8, 4) is 6.07 Å². The molecule has 0 aliphatic heterocycles. The molecular weight excluding hydrogens is 246 g/mol. The van der Waals surface area contributed by atoms with Crippen LogP contribution in [0.3, 0.4) is 0 Å². The summed E-state index contributed by atoms with van der Waals surface area (Å²) < 4.78 is 5.44. The van der Waals surface area contributed by atoms with E-state index in [9.17, 15) is 5.26 Å². The molecule has 0 saturated heterocycles. The molecule has 1 aliphatic rings. The number of benzene rings is 1. The first-order valence-corrected chi connectivity index (χ1v) is 6.70. The lowest BCUT2D eigenvalue weighted by Gasteiger charge is -2.35. The van der Waals surface area contributed by atoms with Gasteiger partial charge in [-0.3, -0.25) is 0 Å². The summed E-state index contributed by atoms with van der Waals surface area (Å²) in [6, 6.07) is 8.47. The van der Waals surface area contributed by atoms with Crippen LogP contribution in [0.15, 0.2) is 18.2 Å². The summed E-state index contributed by atoms with van der Waals surface area (Å²) in [5.74, 6) is 0. The molecule has 3 heteroatoms. The Balaban J connectivity index is 2.37. The summed E-state index contributed by atoms with van der Waals surface area (Å²) in [5, 5.41) is 10.4. The third-order valence-corrected chi connectivity index (χ3v) is 4.38. The summed E-state index contributed by atoms with van der Waals surface area (Å²) in [6.45, 7) is 1.98. The van der Waals surface area contributed by atoms with E-state index in [1.54, 1.807) is 7.11 Å². The number of hydrogen-bond donors (Lipinski definition) is 0. The van der Waals surface area contributed by atoms with Gasteiger partial charge in [-0.05, 0) is 49.8 Å². The van der Waals surface area contributed by atoms with E-state index in [1.165, 1.54) is 0 Å². The van der Waals surface area contributed by atoms with Crippen LogP contribution in [0.1, 0.15) is 36.8 Å². The van der Waals surface area contributed by atoms with Gasteiger partial charge in [0.15, 0.2) is 0 Å². The maximum atomic E-state index is 9.62. The van der Waals surface area contributed by atoms with Crippen LogP contribution >= 0.6 is 11.6 Å². The fraction of sp³-hybridized carbons (Fsp3) is 0.533. The van der Waals surface area contributed by atoms with Gasteiger partial charge in [0.05, 0.1) is 17.6 Å². The Kier molecular flexibility index (Phi) is 3.94. The van der Waals surface area contributed by atoms with Gasteiger partial charge in [-0.15, -0.1) is 0 Å². The molecular formula is C15H18ClNO. The molecule has 1 saturated carbocycles. The smallest absolute Gasteiger partial charge is 0.0847 e. The molecule has 2 nitrogen and oxygen atoms in total. The second-order valence-corrected chi connectivity index (χ2v) is 5.52. The number of halogens is 1. The first kappa shape index (κ1) is 13.4. The summed E-state index contributed by atoms with van der Waals surface area (Å²) in [6.07, 6.45) is 3.90. The van der Waals surface area contributed by atoms with Crippen molar-refractivity contribution in [1.82, 2.24) is 0 Å². The molecule has 1 fully saturated rings. The van der Waals surface area contributed by atoms with E-state index >= 15 is 0 Å². The van der Waals surface area contributed by atoms with Crippen LogP contribution in [0.5, 0.6) is 0 Å². The van der Waals surface area contributed by atoms with Crippen LogP contribution in [0.4, 0.5) is 0 Å². The van der Waals surface area contributed by atoms with Crippen molar-refractivity contribution in [1.29, 1.82) is 5.26 Å². The summed E-state index contributed by atoms with van der Waals surface area (Å²) >= 11 is 6.18. The minimum absolute atomic E-state index is 0.179. The number of nitrogens with zero attached hydrogens (tertiary/aromatic N) is 1. The highest BCUT2D eigenvalue weighted by atomic mass is 35.5. The second kappa shape index (κ2) is 5.30. The predicted molar refractivity (Wildman–Crippen MR) is 72.7 cm³/mol. The van der Waals surface area contributed by atoms with Gasteiger partial charge in [0, 0.05) is 12.1 Å². The Morgan fingerprint density at radius 2 is 2.28 bits per heavy atom. The van der Waals surface area contributed by atoms with E-state index in [-0.39, 0.29) is 6.10 Å². The van der Waals surface area contributed by atoms with E-state index in [4.69, 9.17) is 16.3 Å². The van der Waals surface area contributed by atoms with Crippen molar-refractivity contribution in [3.05, 3.63) is 34.3 Å². The SMILES string of the molecule is CO[C@H]1CCC[C@](C#N)(c2ccc(C)c(Cl)c2)C1. The Morgan fingerprint density at radius 1 is 1.50 bits per heavy atom. The van der Waals surface area contributed by atoms with E-state index < -0.39 is 5.41 Å². The largest absolute Gasteiger partial charge is 0.381 e. The summed E-state index contributed by atoms with van der Waals surface area (Å²) in [5.41, 5.74) is 1.64. The molecule has 0 unspecified atom stereocenters. The van der Waals surface area contributed by atoms with Crippen molar-refractivity contribution in [2.75, 3.05) is 7.11 Å². The number of nitriles is 1. The van der Waals surface area contributed by atoms with Crippen molar-refractivity contribution in [3.63, 3.8) is 0 Å². The molecule has 18 heavy (non-hydrogen) atoms. The van der Waals surface area contributed by atoms with Gasteiger partial charge in [-0.1, -0.05) is 23.7 Å². The summed E-state index contributed by atoms with van der Waals surface area (Å²) in [7, 11) is 1.72. The van der Waals surface area contributed by atoms with E-state index in [0.29, 0.717) is 0 Å². The monoisotopic (exact) mass is 263 g/mol. The topological polar surface area (TPSA) is 33.0 Å². The van der Waals surface area contributed by atoms with Gasteiger partial charge in [0.1, 0.15) is 0 Å². The number of rotatable bonds is 2. The molecule has 0 radical (unpaired) electrons. The van der Waals surface area contributed by atoms with Gasteiger partial charge < -0.3 is 4.74 Å². The fourth-order valence-corrected chi connectivity index (χ4v) is 2.92. The zero-order valence-electron chi connectivity index (χ0n) is 10.9. The van der Waals surface area contributed by atoms with Crippen molar-refractivity contribution in [2.24, 2.45) is 0 Å². The lowest BCUT2D eigenvalue weighted by molar-refractivity contribution is 0.0515. The highest BCUT2D eigenvalue weighted by Gasteiger charge is 2.38. The highest BCUT2D eigenvalue weighted by Crippen LogP contribution is 2.40. The Labute approximate surface area is 114 Å². The average Bonchev–Trinajstić information content (AvgIpc) is 2.41. The van der Waals surface area contributed by atoms with E-state index in [0.717, 1.165) is 41.8 Å². The predicted octanol–water partition coefficient (Wildman–Crippen LogP) is 4.00. The van der Waals surface area contributed by atoms with Gasteiger partial charge in [0.25, 0.3) is 0 Å². The maximum absolute atomic E-state index is 9.62. The van der Waals surface area contributed by atoms with Gasteiger partial charge >= 0.3 is 0 Å². The highest BCUT2D eigenvalue weighted by molar-refractivity contribution is 6.31. The van der Waals surface area contributed by atoms with Crippen LogP contribution in [0, 0.1) is 18.3 Å². The fourth-order valence-electron chi connectivity index (χ4n) is 2.74. The minimum atomic E-state index is -0.434. The Hall–Kier alpha value is -1.04. The van der Waals surface area contributed by atoms with Crippen LogP contribution < -0.4 is 0 Å². The van der Waals surface area contributed by atoms with Crippen LogP contribution in [-0.4, -0.2) is 13.2 Å². The molecule has 0 spiro atoms. The molecule has 1 aromatic rings. The second-order valence-electron chi connectivity index (χ2n) is 5.11. The molecule has 0 amide bonds. The number of aryl methyl sites for hydroxylation is 1. The summed E-state index contributed by atoms with van der Waals surface area (Å²) in [4.78, 5) is 0. The zero-order chi connectivity index (χ0) is 13.2. The molecule has 0 heterocycles.